The highest BCUT2D eigenvalue weighted by Crippen LogP contribution is 2.15. The van der Waals surface area contributed by atoms with Crippen molar-refractivity contribution in [1.82, 2.24) is 19.4 Å². The second-order valence-corrected chi connectivity index (χ2v) is 8.33. The van der Waals surface area contributed by atoms with Crippen LogP contribution in [-0.4, -0.2) is 48.0 Å². The molecule has 0 spiro atoms. The van der Waals surface area contributed by atoms with Gasteiger partial charge >= 0.3 is 0 Å². The number of nitrogens with one attached hydrogen (secondary N) is 1. The minimum atomic E-state index is -3.19. The van der Waals surface area contributed by atoms with Crippen LogP contribution in [0.15, 0.2) is 6.07 Å². The number of halogens is 2. The van der Waals surface area contributed by atoms with Gasteiger partial charge < -0.3 is 5.73 Å². The fourth-order valence-corrected chi connectivity index (χ4v) is 3.00. The predicted molar refractivity (Wildman–Crippen MR) is 96.6 cm³/mol. The van der Waals surface area contributed by atoms with Crippen molar-refractivity contribution in [3.63, 3.8) is 0 Å². The third kappa shape index (κ3) is 7.82. The molecule has 0 radical (unpaired) electrons. The summed E-state index contributed by atoms with van der Waals surface area (Å²) in [6.45, 7) is 7.77. The van der Waals surface area contributed by atoms with Crippen molar-refractivity contribution in [2.24, 2.45) is 5.73 Å². The number of nitrogens with two attached hydrogens (primary N) is 1. The molecule has 10 heteroatoms. The third-order valence-electron chi connectivity index (χ3n) is 3.29. The zero-order valence-electron chi connectivity index (χ0n) is 13.8. The van der Waals surface area contributed by atoms with E-state index in [4.69, 9.17) is 5.73 Å². The Kier molecular flexibility index (Phi) is 8.50. The van der Waals surface area contributed by atoms with Crippen LogP contribution in [0.1, 0.15) is 31.7 Å². The molecule has 0 bridgehead atoms. The van der Waals surface area contributed by atoms with Crippen molar-refractivity contribution >= 4 is 34.8 Å². The average molecular weight is 388 g/mol. The van der Waals surface area contributed by atoms with Crippen LogP contribution in [0.2, 0.25) is 0 Å². The first-order valence-corrected chi connectivity index (χ1v) is 9.03. The lowest BCUT2D eigenvalue weighted by Crippen LogP contribution is -2.45. The van der Waals surface area contributed by atoms with Gasteiger partial charge in [0, 0.05) is 31.7 Å². The van der Waals surface area contributed by atoms with Crippen LogP contribution >= 0.6 is 24.8 Å². The molecule has 2 rings (SSSR count). The summed E-state index contributed by atoms with van der Waals surface area (Å²) < 4.78 is 26.7. The van der Waals surface area contributed by atoms with E-state index in [1.54, 1.807) is 0 Å². The van der Waals surface area contributed by atoms with E-state index < -0.39 is 10.0 Å². The van der Waals surface area contributed by atoms with Crippen molar-refractivity contribution in [3.8, 4) is 0 Å². The number of hydrogen-bond donors (Lipinski definition) is 2. The molecule has 1 aliphatic rings. The highest BCUT2D eigenvalue weighted by atomic mass is 35.5. The maximum Gasteiger partial charge on any atom is 0.209 e. The van der Waals surface area contributed by atoms with Gasteiger partial charge in [-0.25, -0.2) is 13.1 Å². The summed E-state index contributed by atoms with van der Waals surface area (Å²) in [5.41, 5.74) is 7.74. The molecule has 2 heterocycles. The summed E-state index contributed by atoms with van der Waals surface area (Å²) in [6, 6.07) is 1.97. The first-order valence-electron chi connectivity index (χ1n) is 7.14. The summed E-state index contributed by atoms with van der Waals surface area (Å²) in [5.74, 6) is 0. The summed E-state index contributed by atoms with van der Waals surface area (Å²) in [5, 5.41) is 4.48. The van der Waals surface area contributed by atoms with Crippen LogP contribution in [0, 0.1) is 0 Å². The first-order chi connectivity index (χ1) is 9.62. The van der Waals surface area contributed by atoms with Gasteiger partial charge in [-0.15, -0.1) is 24.8 Å². The molecule has 0 atom stereocenters. The van der Waals surface area contributed by atoms with Crippen molar-refractivity contribution in [1.29, 1.82) is 0 Å². The van der Waals surface area contributed by atoms with Gasteiger partial charge in [-0.2, -0.15) is 5.10 Å². The molecule has 1 aromatic rings. The molecule has 1 aromatic heterocycles. The number of rotatable bonds is 5. The lowest BCUT2D eigenvalue weighted by Gasteiger charge is -2.28. The molecule has 0 saturated heterocycles. The van der Waals surface area contributed by atoms with Gasteiger partial charge in [0.05, 0.1) is 24.2 Å². The van der Waals surface area contributed by atoms with E-state index in [1.807, 2.05) is 24.6 Å². The maximum atomic E-state index is 11.1. The summed E-state index contributed by atoms with van der Waals surface area (Å²) in [6.07, 6.45) is 2.17. The van der Waals surface area contributed by atoms with Crippen molar-refractivity contribution in [3.05, 3.63) is 17.5 Å². The van der Waals surface area contributed by atoms with Crippen molar-refractivity contribution in [2.75, 3.05) is 19.3 Å². The van der Waals surface area contributed by atoms with Gasteiger partial charge in [0.2, 0.25) is 10.0 Å². The number of sulfonamides is 1. The van der Waals surface area contributed by atoms with E-state index in [1.165, 1.54) is 0 Å². The van der Waals surface area contributed by atoms with E-state index in [0.29, 0.717) is 0 Å². The maximum absolute atomic E-state index is 11.1. The van der Waals surface area contributed by atoms with Crippen LogP contribution < -0.4 is 10.5 Å². The SMILES string of the molecule is CC(C)(N)CN1CCCn2nc(CNS(C)(=O)=O)cc2C1.Cl.Cl. The zero-order chi connectivity index (χ0) is 15.7. The lowest BCUT2D eigenvalue weighted by molar-refractivity contribution is 0.221. The highest BCUT2D eigenvalue weighted by Gasteiger charge is 2.21. The second-order valence-electron chi connectivity index (χ2n) is 6.50. The van der Waals surface area contributed by atoms with Gasteiger partial charge in [-0.05, 0) is 26.3 Å². The average Bonchev–Trinajstić information content (AvgIpc) is 2.57. The molecule has 0 saturated carbocycles. The Bertz CT molecular complexity index is 598. The van der Waals surface area contributed by atoms with Crippen molar-refractivity contribution in [2.45, 2.75) is 45.4 Å². The summed E-state index contributed by atoms with van der Waals surface area (Å²) in [7, 11) is -3.19. The Morgan fingerprint density at radius 3 is 2.57 bits per heavy atom. The van der Waals surface area contributed by atoms with E-state index in [0.717, 1.165) is 50.2 Å². The largest absolute Gasteiger partial charge is 0.324 e. The molecule has 3 N–H and O–H groups in total. The van der Waals surface area contributed by atoms with Gasteiger partial charge in [0.15, 0.2) is 0 Å². The van der Waals surface area contributed by atoms with Gasteiger partial charge in [-0.3, -0.25) is 9.58 Å². The molecule has 136 valence electrons. The lowest BCUT2D eigenvalue weighted by atomic mass is 10.1. The molecular weight excluding hydrogens is 361 g/mol. The Balaban J connectivity index is 0.00000242. The molecule has 0 fully saturated rings. The number of aromatic nitrogens is 2. The fraction of sp³-hybridized carbons (Fsp3) is 0.769. The smallest absolute Gasteiger partial charge is 0.209 e. The van der Waals surface area contributed by atoms with Gasteiger partial charge in [0.1, 0.15) is 0 Å². The zero-order valence-corrected chi connectivity index (χ0v) is 16.2. The second kappa shape index (κ2) is 8.64. The number of aryl methyl sites for hydroxylation is 1. The molecule has 7 nitrogen and oxygen atoms in total. The first kappa shape index (κ1) is 22.6. The van der Waals surface area contributed by atoms with Crippen LogP contribution in [0.3, 0.4) is 0 Å². The normalized spacial score (nSPS) is 16.0. The minimum absolute atomic E-state index is 0. The molecule has 0 aliphatic carbocycles. The molecular formula is C13H27Cl2N5O2S. The molecule has 1 aliphatic heterocycles. The van der Waals surface area contributed by atoms with Crippen molar-refractivity contribution < 1.29 is 8.42 Å². The van der Waals surface area contributed by atoms with E-state index in [2.05, 4.69) is 14.7 Å². The minimum Gasteiger partial charge on any atom is -0.324 e. The van der Waals surface area contributed by atoms with Crippen LogP contribution in [0.5, 0.6) is 0 Å². The Labute approximate surface area is 150 Å². The highest BCUT2D eigenvalue weighted by molar-refractivity contribution is 7.88. The fourth-order valence-electron chi connectivity index (χ4n) is 2.59. The third-order valence-corrected chi connectivity index (χ3v) is 3.96. The van der Waals surface area contributed by atoms with Gasteiger partial charge in [-0.1, -0.05) is 0 Å². The summed E-state index contributed by atoms with van der Waals surface area (Å²) >= 11 is 0. The molecule has 23 heavy (non-hydrogen) atoms. The Morgan fingerprint density at radius 2 is 2.00 bits per heavy atom. The summed E-state index contributed by atoms with van der Waals surface area (Å²) in [4.78, 5) is 2.33. The number of nitrogens with zero attached hydrogens (tertiary/aromatic N) is 3. The number of fused-ring (bicyclic) bond motifs is 1. The Hall–Kier alpha value is -0.380. The van der Waals surface area contributed by atoms with E-state index >= 15 is 0 Å². The predicted octanol–water partition coefficient (Wildman–Crippen LogP) is 0.719. The van der Waals surface area contributed by atoms with E-state index in [9.17, 15) is 8.42 Å². The van der Waals surface area contributed by atoms with Gasteiger partial charge in [0.25, 0.3) is 0 Å². The van der Waals surface area contributed by atoms with Crippen LogP contribution in [0.4, 0.5) is 0 Å². The quantitative estimate of drug-likeness (QED) is 0.775. The molecule has 0 amide bonds. The monoisotopic (exact) mass is 387 g/mol. The van der Waals surface area contributed by atoms with Crippen LogP contribution in [-0.2, 0) is 29.7 Å². The Morgan fingerprint density at radius 1 is 1.35 bits per heavy atom. The van der Waals surface area contributed by atoms with E-state index in [-0.39, 0.29) is 36.9 Å². The topological polar surface area (TPSA) is 93.2 Å². The van der Waals surface area contributed by atoms with Crippen LogP contribution in [0.25, 0.3) is 0 Å². The molecule has 0 aromatic carbocycles. The molecule has 0 unspecified atom stereocenters. The standard InChI is InChI=1S/C13H25N5O2S.2ClH/c1-13(2,14)10-17-5-4-6-18-12(9-17)7-11(16-18)8-15-21(3,19)20;;/h7,15H,4-6,8-10,14H2,1-3H3;2*1H. The number of hydrogen-bond acceptors (Lipinski definition) is 5.